The Morgan fingerprint density at radius 2 is 1.83 bits per heavy atom. The molecule has 0 saturated carbocycles. The van der Waals surface area contributed by atoms with E-state index in [1.165, 1.54) is 19.9 Å². The van der Waals surface area contributed by atoms with Crippen LogP contribution in [0.1, 0.15) is 19.4 Å². The van der Waals surface area contributed by atoms with Gasteiger partial charge in [0.25, 0.3) is 6.29 Å². The Balaban J connectivity index is 2.75. The molecule has 0 saturated heterocycles. The van der Waals surface area contributed by atoms with Crippen LogP contribution >= 0.6 is 15.9 Å². The maximum absolute atomic E-state index is 10.8. The third kappa shape index (κ3) is 5.63. The quantitative estimate of drug-likeness (QED) is 0.633. The molecule has 1 aromatic rings. The Hall–Kier alpha value is -1.62. The van der Waals surface area contributed by atoms with Crippen LogP contribution in [0, 0.1) is 0 Å². The highest BCUT2D eigenvalue weighted by atomic mass is 79.9. The minimum atomic E-state index is -1.00. The highest BCUT2D eigenvalue weighted by molar-refractivity contribution is 9.10. The molecule has 0 atom stereocenters. The van der Waals surface area contributed by atoms with E-state index in [1.807, 2.05) is 24.3 Å². The first-order valence-electron chi connectivity index (χ1n) is 5.25. The number of hydrogen-bond donors (Lipinski definition) is 0. The normalized spacial score (nSPS) is 10.7. The number of benzene rings is 1. The van der Waals surface area contributed by atoms with Gasteiger partial charge in [-0.1, -0.05) is 34.1 Å². The predicted octanol–water partition coefficient (Wildman–Crippen LogP) is 2.91. The summed E-state index contributed by atoms with van der Waals surface area (Å²) in [6.07, 6.45) is 2.21. The number of ether oxygens (including phenoxy) is 2. The molecular weight excluding hydrogens is 300 g/mol. The molecule has 0 N–H and O–H groups in total. The molecule has 1 aromatic carbocycles. The molecule has 1 rings (SSSR count). The summed E-state index contributed by atoms with van der Waals surface area (Å²) >= 11 is 3.35. The lowest BCUT2D eigenvalue weighted by molar-refractivity contribution is -0.176. The Morgan fingerprint density at radius 1 is 1.22 bits per heavy atom. The largest absolute Gasteiger partial charge is 0.421 e. The van der Waals surface area contributed by atoms with E-state index in [0.29, 0.717) is 0 Å². The van der Waals surface area contributed by atoms with Crippen molar-refractivity contribution in [3.63, 3.8) is 0 Å². The van der Waals surface area contributed by atoms with Gasteiger partial charge in [-0.15, -0.1) is 0 Å². The third-order valence-electron chi connectivity index (χ3n) is 1.86. The average Bonchev–Trinajstić information content (AvgIpc) is 2.24. The van der Waals surface area contributed by atoms with Crippen LogP contribution in [0.5, 0.6) is 0 Å². The lowest BCUT2D eigenvalue weighted by Crippen LogP contribution is -2.19. The molecule has 0 radical (unpaired) electrons. The van der Waals surface area contributed by atoms with Gasteiger partial charge in [-0.05, 0) is 23.8 Å². The molecule has 0 aliphatic heterocycles. The van der Waals surface area contributed by atoms with Crippen molar-refractivity contribution < 1.29 is 19.1 Å². The van der Waals surface area contributed by atoms with Gasteiger partial charge < -0.3 is 9.47 Å². The lowest BCUT2D eigenvalue weighted by atomic mass is 10.2. The maximum Gasteiger partial charge on any atom is 0.305 e. The summed E-state index contributed by atoms with van der Waals surface area (Å²) in [5.74, 6) is -1.03. The van der Waals surface area contributed by atoms with Gasteiger partial charge >= 0.3 is 11.9 Å². The van der Waals surface area contributed by atoms with E-state index in [2.05, 4.69) is 15.9 Å². The molecule has 0 amide bonds. The number of carbonyl (C=O) groups excluding carboxylic acids is 2. The Morgan fingerprint density at radius 3 is 2.33 bits per heavy atom. The van der Waals surface area contributed by atoms with E-state index in [0.717, 1.165) is 10.0 Å². The van der Waals surface area contributed by atoms with Crippen LogP contribution in [0.15, 0.2) is 34.8 Å². The monoisotopic (exact) mass is 312 g/mol. The Labute approximate surface area is 114 Å². The fourth-order valence-electron chi connectivity index (χ4n) is 1.23. The van der Waals surface area contributed by atoms with Gasteiger partial charge in [0.15, 0.2) is 0 Å². The van der Waals surface area contributed by atoms with E-state index in [9.17, 15) is 9.59 Å². The predicted molar refractivity (Wildman–Crippen MR) is 70.5 cm³/mol. The molecule has 5 heteroatoms. The average molecular weight is 313 g/mol. The number of halogens is 1. The second kappa shape index (κ2) is 6.96. The minimum absolute atomic E-state index is 0.514. The van der Waals surface area contributed by atoms with Gasteiger partial charge in [-0.3, -0.25) is 9.59 Å². The first kappa shape index (κ1) is 14.4. The van der Waals surface area contributed by atoms with Crippen molar-refractivity contribution in [3.8, 4) is 0 Å². The summed E-state index contributed by atoms with van der Waals surface area (Å²) in [5, 5.41) is 0. The summed E-state index contributed by atoms with van der Waals surface area (Å²) in [4.78, 5) is 21.7. The van der Waals surface area contributed by atoms with Crippen molar-refractivity contribution in [2.24, 2.45) is 0 Å². The first-order chi connectivity index (χ1) is 8.47. The molecular formula is C13H13BrO4. The van der Waals surface area contributed by atoms with E-state index in [4.69, 9.17) is 9.47 Å². The highest BCUT2D eigenvalue weighted by Crippen LogP contribution is 2.13. The van der Waals surface area contributed by atoms with Crippen molar-refractivity contribution in [2.75, 3.05) is 0 Å². The van der Waals surface area contributed by atoms with Crippen molar-refractivity contribution in [1.82, 2.24) is 0 Å². The lowest BCUT2D eigenvalue weighted by Gasteiger charge is -2.12. The van der Waals surface area contributed by atoms with Gasteiger partial charge in [0.1, 0.15) is 0 Å². The molecule has 0 heterocycles. The molecule has 0 fully saturated rings. The fourth-order valence-corrected chi connectivity index (χ4v) is 1.65. The summed E-state index contributed by atoms with van der Waals surface area (Å²) in [7, 11) is 0. The maximum atomic E-state index is 10.8. The molecule has 18 heavy (non-hydrogen) atoms. The molecule has 0 aliphatic carbocycles. The molecule has 0 unspecified atom stereocenters. The summed E-state index contributed by atoms with van der Waals surface area (Å²) < 4.78 is 10.6. The van der Waals surface area contributed by atoms with Crippen LogP contribution in [0.4, 0.5) is 0 Å². The Bertz CT molecular complexity index is 452. The molecule has 0 spiro atoms. The number of esters is 2. The highest BCUT2D eigenvalue weighted by Gasteiger charge is 2.10. The van der Waals surface area contributed by atoms with E-state index >= 15 is 0 Å². The van der Waals surface area contributed by atoms with E-state index in [-0.39, 0.29) is 0 Å². The minimum Gasteiger partial charge on any atom is -0.421 e. The molecule has 0 bridgehead atoms. The van der Waals surface area contributed by atoms with Crippen molar-refractivity contribution in [2.45, 2.75) is 20.1 Å². The van der Waals surface area contributed by atoms with Crippen LogP contribution in [-0.4, -0.2) is 18.2 Å². The standard InChI is InChI=1S/C13H13BrO4/c1-9(15)17-13(18-10(2)16)7-6-11-4-3-5-12(14)8-11/h3-8,13H,1-2H3/b7-6+. The zero-order chi connectivity index (χ0) is 13.5. The second-order valence-electron chi connectivity index (χ2n) is 3.50. The van der Waals surface area contributed by atoms with Crippen molar-refractivity contribution >= 4 is 33.9 Å². The molecule has 0 aromatic heterocycles. The van der Waals surface area contributed by atoms with Gasteiger partial charge in [0, 0.05) is 18.3 Å². The van der Waals surface area contributed by atoms with Gasteiger partial charge in [0.2, 0.25) is 0 Å². The number of rotatable bonds is 4. The van der Waals surface area contributed by atoms with Gasteiger partial charge in [0.05, 0.1) is 0 Å². The second-order valence-corrected chi connectivity index (χ2v) is 4.42. The summed E-state index contributed by atoms with van der Waals surface area (Å²) in [5.41, 5.74) is 0.897. The Kier molecular flexibility index (Phi) is 5.58. The summed E-state index contributed by atoms with van der Waals surface area (Å²) in [6.45, 7) is 2.51. The van der Waals surface area contributed by atoms with Crippen LogP contribution < -0.4 is 0 Å². The molecule has 4 nitrogen and oxygen atoms in total. The topological polar surface area (TPSA) is 52.6 Å². The van der Waals surface area contributed by atoms with Crippen LogP contribution in [0.2, 0.25) is 0 Å². The fraction of sp³-hybridized carbons (Fsp3) is 0.231. The number of hydrogen-bond acceptors (Lipinski definition) is 4. The van der Waals surface area contributed by atoms with E-state index < -0.39 is 18.2 Å². The zero-order valence-corrected chi connectivity index (χ0v) is 11.6. The zero-order valence-electron chi connectivity index (χ0n) is 10.1. The molecule has 0 aliphatic rings. The number of carbonyl (C=O) groups is 2. The van der Waals surface area contributed by atoms with Crippen molar-refractivity contribution in [3.05, 3.63) is 40.4 Å². The summed E-state index contributed by atoms with van der Waals surface area (Å²) in [6, 6.07) is 7.53. The van der Waals surface area contributed by atoms with Gasteiger partial charge in [-0.25, -0.2) is 0 Å². The molecule has 96 valence electrons. The van der Waals surface area contributed by atoms with Gasteiger partial charge in [-0.2, -0.15) is 0 Å². The third-order valence-corrected chi connectivity index (χ3v) is 2.35. The SMILES string of the molecule is CC(=O)OC(/C=C/c1cccc(Br)c1)OC(C)=O. The van der Waals surface area contributed by atoms with Crippen LogP contribution in [0.25, 0.3) is 6.08 Å². The van der Waals surface area contributed by atoms with E-state index in [1.54, 1.807) is 6.08 Å². The first-order valence-corrected chi connectivity index (χ1v) is 6.05. The smallest absolute Gasteiger partial charge is 0.305 e. The van der Waals surface area contributed by atoms with Crippen molar-refractivity contribution in [1.29, 1.82) is 0 Å². The van der Waals surface area contributed by atoms with Crippen LogP contribution in [0.3, 0.4) is 0 Å². The van der Waals surface area contributed by atoms with Crippen LogP contribution in [-0.2, 0) is 19.1 Å².